The van der Waals surface area contributed by atoms with Gasteiger partial charge in [-0.15, -0.1) is 0 Å². The Bertz CT molecular complexity index is 418. The molecule has 0 aromatic heterocycles. The van der Waals surface area contributed by atoms with Crippen molar-refractivity contribution in [2.45, 2.75) is 37.4 Å². The number of nitrogens with zero attached hydrogens (tertiary/aromatic N) is 2. The van der Waals surface area contributed by atoms with Crippen LogP contribution in [-0.2, 0) is 14.4 Å². The van der Waals surface area contributed by atoms with E-state index in [0.29, 0.717) is 0 Å². The molecule has 2 heterocycles. The largest absolute Gasteiger partial charge is 0.343 e. The molecule has 0 radical (unpaired) electrons. The van der Waals surface area contributed by atoms with Crippen LogP contribution in [-0.4, -0.2) is 47.0 Å². The summed E-state index contributed by atoms with van der Waals surface area (Å²) >= 11 is 0. The minimum absolute atomic E-state index is 0.0407. The van der Waals surface area contributed by atoms with Gasteiger partial charge in [-0.1, -0.05) is 0 Å². The molecule has 0 aromatic rings. The molecule has 16 heavy (non-hydrogen) atoms. The van der Waals surface area contributed by atoms with Crippen LogP contribution >= 0.6 is 0 Å². The topological polar surface area (TPSA) is 78.8 Å². The van der Waals surface area contributed by atoms with Crippen molar-refractivity contribution in [1.82, 2.24) is 10.2 Å². The van der Waals surface area contributed by atoms with Crippen LogP contribution in [0, 0.1) is 0 Å². The van der Waals surface area contributed by atoms with Crippen molar-refractivity contribution in [2.75, 3.05) is 0 Å². The first-order valence-corrected chi connectivity index (χ1v) is 5.39. The maximum atomic E-state index is 11.6. The second-order valence-corrected chi connectivity index (χ2v) is 4.36. The SMILES string of the molecule is O=C1NC2CCCC3N=CC(=O)N(C1=O)C32. The third-order valence-electron chi connectivity index (χ3n) is 3.46. The number of rotatable bonds is 0. The molecule has 3 rings (SSSR count). The maximum Gasteiger partial charge on any atom is 0.319 e. The molecule has 3 amide bonds. The highest BCUT2D eigenvalue weighted by atomic mass is 16.2. The summed E-state index contributed by atoms with van der Waals surface area (Å²) in [5.74, 6) is -1.89. The third kappa shape index (κ3) is 1.12. The minimum Gasteiger partial charge on any atom is -0.343 e. The number of nitrogens with one attached hydrogen (secondary N) is 1. The van der Waals surface area contributed by atoms with Gasteiger partial charge in [-0.3, -0.25) is 24.3 Å². The molecule has 0 aromatic carbocycles. The summed E-state index contributed by atoms with van der Waals surface area (Å²) in [4.78, 5) is 39.9. The van der Waals surface area contributed by atoms with Gasteiger partial charge in [0.15, 0.2) is 0 Å². The molecule has 1 N–H and O–H groups in total. The fourth-order valence-electron chi connectivity index (χ4n) is 2.77. The monoisotopic (exact) mass is 221 g/mol. The Balaban J connectivity index is 2.05. The summed E-state index contributed by atoms with van der Waals surface area (Å²) in [5, 5.41) is 2.66. The van der Waals surface area contributed by atoms with Crippen LogP contribution in [0.3, 0.4) is 0 Å². The Morgan fingerprint density at radius 3 is 2.94 bits per heavy atom. The molecule has 6 nitrogen and oxygen atoms in total. The molecule has 0 spiro atoms. The van der Waals surface area contributed by atoms with Crippen LogP contribution in [0.5, 0.6) is 0 Å². The van der Waals surface area contributed by atoms with Crippen LogP contribution in [0.4, 0.5) is 0 Å². The van der Waals surface area contributed by atoms with Crippen molar-refractivity contribution < 1.29 is 14.4 Å². The molecule has 1 saturated heterocycles. The average Bonchev–Trinajstić information content (AvgIpc) is 2.28. The number of aliphatic imine (C=N–C) groups is 1. The Hall–Kier alpha value is -1.72. The van der Waals surface area contributed by atoms with E-state index in [-0.39, 0.29) is 18.1 Å². The summed E-state index contributed by atoms with van der Waals surface area (Å²) in [7, 11) is 0. The molecule has 84 valence electrons. The molecular formula is C10H11N3O3. The molecule has 6 heteroatoms. The van der Waals surface area contributed by atoms with E-state index in [9.17, 15) is 14.4 Å². The molecule has 1 saturated carbocycles. The Morgan fingerprint density at radius 2 is 2.12 bits per heavy atom. The zero-order valence-electron chi connectivity index (χ0n) is 8.55. The lowest BCUT2D eigenvalue weighted by atomic mass is 9.82. The van der Waals surface area contributed by atoms with E-state index in [0.717, 1.165) is 24.2 Å². The molecule has 3 unspecified atom stereocenters. The van der Waals surface area contributed by atoms with Crippen molar-refractivity contribution in [1.29, 1.82) is 0 Å². The molecule has 0 bridgehead atoms. The number of hydrogen-bond acceptors (Lipinski definition) is 4. The number of carbonyl (C=O) groups excluding carboxylic acids is 3. The Morgan fingerprint density at radius 1 is 1.31 bits per heavy atom. The summed E-state index contributed by atoms with van der Waals surface area (Å²) in [6.45, 7) is 0. The van der Waals surface area contributed by atoms with Crippen LogP contribution in [0.15, 0.2) is 4.99 Å². The van der Waals surface area contributed by atoms with E-state index < -0.39 is 17.7 Å². The van der Waals surface area contributed by atoms with Crippen LogP contribution in [0.25, 0.3) is 0 Å². The molecule has 2 fully saturated rings. The lowest BCUT2D eigenvalue weighted by Crippen LogP contribution is -2.70. The highest BCUT2D eigenvalue weighted by Crippen LogP contribution is 2.30. The van der Waals surface area contributed by atoms with Crippen LogP contribution in [0.1, 0.15) is 19.3 Å². The normalized spacial score (nSPS) is 37.1. The zero-order chi connectivity index (χ0) is 11.3. The quantitative estimate of drug-likeness (QED) is 0.414. The standard InChI is InChI=1S/C10H11N3O3/c14-7-4-11-5-2-1-3-6-8(5)13(7)10(16)9(15)12-6/h4-6,8H,1-3H2,(H,12,15). The summed E-state index contributed by atoms with van der Waals surface area (Å²) in [6, 6.07) is -0.428. The molecule has 3 aliphatic rings. The molecule has 1 aliphatic carbocycles. The van der Waals surface area contributed by atoms with Crippen LogP contribution < -0.4 is 5.32 Å². The zero-order valence-corrected chi connectivity index (χ0v) is 8.55. The molecule has 3 atom stereocenters. The highest BCUT2D eigenvalue weighted by Gasteiger charge is 2.50. The van der Waals surface area contributed by atoms with Gasteiger partial charge in [0.05, 0.1) is 24.3 Å². The van der Waals surface area contributed by atoms with Gasteiger partial charge in [-0.2, -0.15) is 0 Å². The minimum atomic E-state index is -0.746. The fraction of sp³-hybridized carbons (Fsp3) is 0.600. The number of piperazine rings is 1. The molecule has 2 aliphatic heterocycles. The van der Waals surface area contributed by atoms with Crippen LogP contribution in [0.2, 0.25) is 0 Å². The third-order valence-corrected chi connectivity index (χ3v) is 3.46. The van der Waals surface area contributed by atoms with E-state index in [4.69, 9.17) is 0 Å². The van der Waals surface area contributed by atoms with Crippen molar-refractivity contribution in [3.05, 3.63) is 0 Å². The van der Waals surface area contributed by atoms with Crippen molar-refractivity contribution in [3.63, 3.8) is 0 Å². The summed E-state index contributed by atoms with van der Waals surface area (Å²) in [6.07, 6.45) is 3.80. The van der Waals surface area contributed by atoms with E-state index in [1.807, 2.05) is 0 Å². The van der Waals surface area contributed by atoms with Gasteiger partial charge in [-0.25, -0.2) is 0 Å². The van der Waals surface area contributed by atoms with Gasteiger partial charge in [-0.05, 0) is 19.3 Å². The first-order valence-electron chi connectivity index (χ1n) is 5.39. The first kappa shape index (κ1) is 9.50. The highest BCUT2D eigenvalue weighted by molar-refractivity contribution is 6.43. The van der Waals surface area contributed by atoms with Gasteiger partial charge in [0.2, 0.25) is 0 Å². The fourth-order valence-corrected chi connectivity index (χ4v) is 2.77. The predicted molar refractivity (Wildman–Crippen MR) is 53.7 cm³/mol. The number of hydrogen-bond donors (Lipinski definition) is 1. The Labute approximate surface area is 91.7 Å². The predicted octanol–water partition coefficient (Wildman–Crippen LogP) is -1.15. The molecular weight excluding hydrogens is 210 g/mol. The summed E-state index contributed by atoms with van der Waals surface area (Å²) in [5.41, 5.74) is 0. The number of imide groups is 1. The van der Waals surface area contributed by atoms with E-state index in [1.165, 1.54) is 6.21 Å². The number of amides is 3. The van der Waals surface area contributed by atoms with Gasteiger partial charge >= 0.3 is 11.8 Å². The summed E-state index contributed by atoms with van der Waals surface area (Å²) < 4.78 is 0. The van der Waals surface area contributed by atoms with Gasteiger partial charge < -0.3 is 5.32 Å². The smallest absolute Gasteiger partial charge is 0.319 e. The average molecular weight is 221 g/mol. The van der Waals surface area contributed by atoms with Gasteiger partial charge in [0, 0.05) is 0 Å². The van der Waals surface area contributed by atoms with Crippen molar-refractivity contribution in [3.8, 4) is 0 Å². The lowest BCUT2D eigenvalue weighted by molar-refractivity contribution is -0.159. The van der Waals surface area contributed by atoms with Crippen molar-refractivity contribution in [2.24, 2.45) is 4.99 Å². The maximum absolute atomic E-state index is 11.6. The van der Waals surface area contributed by atoms with Gasteiger partial charge in [0.25, 0.3) is 5.91 Å². The number of carbonyl (C=O) groups is 3. The van der Waals surface area contributed by atoms with E-state index >= 15 is 0 Å². The second kappa shape index (κ2) is 3.13. The lowest BCUT2D eigenvalue weighted by Gasteiger charge is -2.46. The second-order valence-electron chi connectivity index (χ2n) is 4.36. The Kier molecular flexibility index (Phi) is 1.86. The first-order chi connectivity index (χ1) is 7.68. The van der Waals surface area contributed by atoms with E-state index in [2.05, 4.69) is 10.3 Å². The van der Waals surface area contributed by atoms with Gasteiger partial charge in [0.1, 0.15) is 0 Å². The van der Waals surface area contributed by atoms with E-state index in [1.54, 1.807) is 0 Å². The van der Waals surface area contributed by atoms with Crippen molar-refractivity contribution >= 4 is 23.9 Å².